The average molecular weight is 321 g/mol. The maximum Gasteiger partial charge on any atom is 0.220 e. The number of carbonyl (C=O) groups excluding carboxylic acids is 1. The highest BCUT2D eigenvalue weighted by Gasteiger charge is 2.14. The molecule has 0 spiro atoms. The quantitative estimate of drug-likeness (QED) is 0.798. The minimum atomic E-state index is -0.0125. The van der Waals surface area contributed by atoms with Gasteiger partial charge in [0, 0.05) is 13.0 Å². The van der Waals surface area contributed by atoms with Crippen molar-refractivity contribution in [3.8, 4) is 5.75 Å². The van der Waals surface area contributed by atoms with Gasteiger partial charge in [0.25, 0.3) is 0 Å². The van der Waals surface area contributed by atoms with E-state index in [4.69, 9.17) is 14.2 Å². The maximum absolute atomic E-state index is 11.9. The van der Waals surface area contributed by atoms with Gasteiger partial charge in [0.1, 0.15) is 5.75 Å². The predicted octanol–water partition coefficient (Wildman–Crippen LogP) is 2.25. The van der Waals surface area contributed by atoms with Crippen molar-refractivity contribution >= 4 is 5.91 Å². The maximum atomic E-state index is 11.9. The Morgan fingerprint density at radius 2 is 2.26 bits per heavy atom. The Bertz CT molecular complexity index is 498. The molecule has 1 N–H and O–H groups in total. The molecule has 1 unspecified atom stereocenters. The first-order chi connectivity index (χ1) is 11.2. The van der Waals surface area contributed by atoms with E-state index in [-0.39, 0.29) is 12.0 Å². The summed E-state index contributed by atoms with van der Waals surface area (Å²) in [5.41, 5.74) is 2.38. The van der Waals surface area contributed by atoms with Crippen LogP contribution >= 0.6 is 0 Å². The molecule has 1 amide bonds. The summed E-state index contributed by atoms with van der Waals surface area (Å²) < 4.78 is 16.3. The third-order valence-electron chi connectivity index (χ3n) is 3.82. The van der Waals surface area contributed by atoms with Crippen LogP contribution in [0.4, 0.5) is 0 Å². The van der Waals surface area contributed by atoms with E-state index in [1.54, 1.807) is 0 Å². The molecule has 0 aromatic heterocycles. The van der Waals surface area contributed by atoms with Crippen molar-refractivity contribution in [3.05, 3.63) is 29.3 Å². The minimum Gasteiger partial charge on any atom is -0.494 e. The van der Waals surface area contributed by atoms with Gasteiger partial charge in [0.15, 0.2) is 0 Å². The third-order valence-corrected chi connectivity index (χ3v) is 3.82. The van der Waals surface area contributed by atoms with Crippen LogP contribution in [0.25, 0.3) is 0 Å². The van der Waals surface area contributed by atoms with Crippen LogP contribution in [0.1, 0.15) is 30.9 Å². The number of amides is 1. The van der Waals surface area contributed by atoms with Gasteiger partial charge in [0.2, 0.25) is 5.91 Å². The first-order valence-corrected chi connectivity index (χ1v) is 8.37. The van der Waals surface area contributed by atoms with Gasteiger partial charge in [-0.25, -0.2) is 0 Å². The Morgan fingerprint density at radius 3 is 2.96 bits per heavy atom. The minimum absolute atomic E-state index is 0.0125. The van der Waals surface area contributed by atoms with Crippen molar-refractivity contribution < 1.29 is 19.0 Å². The fraction of sp³-hybridized carbons (Fsp3) is 0.611. The largest absolute Gasteiger partial charge is 0.494 e. The Balaban J connectivity index is 1.65. The van der Waals surface area contributed by atoms with E-state index >= 15 is 0 Å². The van der Waals surface area contributed by atoms with Crippen molar-refractivity contribution in [1.82, 2.24) is 5.32 Å². The van der Waals surface area contributed by atoms with Crippen molar-refractivity contribution in [2.75, 3.05) is 33.0 Å². The number of benzene rings is 1. The molecule has 1 atom stereocenters. The van der Waals surface area contributed by atoms with Gasteiger partial charge >= 0.3 is 0 Å². The Morgan fingerprint density at radius 1 is 1.39 bits per heavy atom. The Hall–Kier alpha value is -1.59. The molecule has 5 nitrogen and oxygen atoms in total. The van der Waals surface area contributed by atoms with Crippen molar-refractivity contribution in [1.29, 1.82) is 0 Å². The molecule has 0 bridgehead atoms. The predicted molar refractivity (Wildman–Crippen MR) is 88.9 cm³/mol. The first-order valence-electron chi connectivity index (χ1n) is 8.37. The van der Waals surface area contributed by atoms with Gasteiger partial charge < -0.3 is 19.5 Å². The number of hydrogen-bond acceptors (Lipinski definition) is 4. The van der Waals surface area contributed by atoms with E-state index in [2.05, 4.69) is 17.4 Å². The number of aryl methyl sites for hydroxylation is 2. The van der Waals surface area contributed by atoms with Crippen molar-refractivity contribution in [2.45, 2.75) is 39.2 Å². The molecule has 0 radical (unpaired) electrons. The number of carbonyl (C=O) groups is 1. The van der Waals surface area contributed by atoms with Crippen LogP contribution in [0.2, 0.25) is 0 Å². The molecule has 1 fully saturated rings. The molecule has 2 rings (SSSR count). The molecule has 0 aliphatic carbocycles. The lowest BCUT2D eigenvalue weighted by Crippen LogP contribution is -2.39. The van der Waals surface area contributed by atoms with E-state index in [0.717, 1.165) is 24.2 Å². The van der Waals surface area contributed by atoms with Crippen LogP contribution in [-0.2, 0) is 20.7 Å². The summed E-state index contributed by atoms with van der Waals surface area (Å²) in [7, 11) is 0. The highest BCUT2D eigenvalue weighted by molar-refractivity contribution is 5.75. The Kier molecular flexibility index (Phi) is 7.36. The molecule has 1 aromatic rings. The molecule has 1 aliphatic heterocycles. The fourth-order valence-electron chi connectivity index (χ4n) is 2.61. The van der Waals surface area contributed by atoms with Crippen LogP contribution < -0.4 is 10.1 Å². The van der Waals surface area contributed by atoms with Gasteiger partial charge in [-0.1, -0.05) is 12.1 Å². The fourth-order valence-corrected chi connectivity index (χ4v) is 2.61. The summed E-state index contributed by atoms with van der Waals surface area (Å²) in [6.45, 7) is 7.05. The molecule has 23 heavy (non-hydrogen) atoms. The zero-order chi connectivity index (χ0) is 16.5. The number of ether oxygens (including phenoxy) is 3. The summed E-state index contributed by atoms with van der Waals surface area (Å²) in [5, 5.41) is 2.91. The summed E-state index contributed by atoms with van der Waals surface area (Å²) in [6.07, 6.45) is 2.24. The molecule has 1 aliphatic rings. The number of hydrogen-bond donors (Lipinski definition) is 1. The van der Waals surface area contributed by atoms with E-state index in [9.17, 15) is 4.79 Å². The molecule has 1 heterocycles. The second kappa shape index (κ2) is 9.53. The van der Waals surface area contributed by atoms with E-state index in [1.807, 2.05) is 19.9 Å². The summed E-state index contributed by atoms with van der Waals surface area (Å²) in [4.78, 5) is 11.9. The average Bonchev–Trinajstić information content (AvgIpc) is 2.56. The van der Waals surface area contributed by atoms with Crippen LogP contribution in [0.5, 0.6) is 5.75 Å². The molecule has 5 heteroatoms. The van der Waals surface area contributed by atoms with E-state index in [0.29, 0.717) is 39.4 Å². The Labute approximate surface area is 138 Å². The second-order valence-electron chi connectivity index (χ2n) is 5.76. The normalized spacial score (nSPS) is 17.7. The van der Waals surface area contributed by atoms with Crippen LogP contribution in [0, 0.1) is 6.92 Å². The van der Waals surface area contributed by atoms with Crippen LogP contribution in [-0.4, -0.2) is 45.0 Å². The summed E-state index contributed by atoms with van der Waals surface area (Å²) in [5.74, 6) is 1.01. The van der Waals surface area contributed by atoms with Gasteiger partial charge in [-0.15, -0.1) is 0 Å². The monoisotopic (exact) mass is 321 g/mol. The first kappa shape index (κ1) is 17.8. The van der Waals surface area contributed by atoms with Crippen LogP contribution in [0.3, 0.4) is 0 Å². The molecular weight excluding hydrogens is 294 g/mol. The van der Waals surface area contributed by atoms with Gasteiger partial charge in [-0.2, -0.15) is 0 Å². The molecule has 1 aromatic carbocycles. The topological polar surface area (TPSA) is 56.8 Å². The van der Waals surface area contributed by atoms with Gasteiger partial charge in [0.05, 0.1) is 32.5 Å². The molecule has 128 valence electrons. The highest BCUT2D eigenvalue weighted by Crippen LogP contribution is 2.20. The molecule has 0 saturated carbocycles. The summed E-state index contributed by atoms with van der Waals surface area (Å²) >= 11 is 0. The molecular formula is C18H27NO4. The molecule has 1 saturated heterocycles. The van der Waals surface area contributed by atoms with Gasteiger partial charge in [-0.3, -0.25) is 4.79 Å². The van der Waals surface area contributed by atoms with E-state index in [1.165, 1.54) is 5.56 Å². The van der Waals surface area contributed by atoms with E-state index < -0.39 is 0 Å². The zero-order valence-corrected chi connectivity index (χ0v) is 14.1. The van der Waals surface area contributed by atoms with Crippen LogP contribution in [0.15, 0.2) is 18.2 Å². The number of rotatable bonds is 8. The smallest absolute Gasteiger partial charge is 0.220 e. The van der Waals surface area contributed by atoms with Gasteiger partial charge in [-0.05, 0) is 43.9 Å². The van der Waals surface area contributed by atoms with Crippen molar-refractivity contribution in [3.63, 3.8) is 0 Å². The lowest BCUT2D eigenvalue weighted by atomic mass is 10.0. The second-order valence-corrected chi connectivity index (χ2v) is 5.76. The lowest BCUT2D eigenvalue weighted by Gasteiger charge is -2.23. The summed E-state index contributed by atoms with van der Waals surface area (Å²) in [6, 6.07) is 6.22. The number of nitrogens with one attached hydrogen (secondary N) is 1. The van der Waals surface area contributed by atoms with Crippen molar-refractivity contribution in [2.24, 2.45) is 0 Å². The lowest BCUT2D eigenvalue weighted by molar-refractivity contribution is -0.124. The zero-order valence-electron chi connectivity index (χ0n) is 14.1. The SMILES string of the molecule is CCOc1ccc(CCCC(=O)NCC2COCCO2)cc1C. The third kappa shape index (κ3) is 6.20. The standard InChI is InChI=1S/C18H27NO4/c1-3-22-17-8-7-15(11-14(17)2)5-4-6-18(20)19-12-16-13-21-9-10-23-16/h7-8,11,16H,3-6,9-10,12-13H2,1-2H3,(H,19,20). The highest BCUT2D eigenvalue weighted by atomic mass is 16.6.